The van der Waals surface area contributed by atoms with Crippen LogP contribution in [0.4, 0.5) is 9.18 Å². The Balaban J connectivity index is 2.01. The third-order valence-corrected chi connectivity index (χ3v) is 3.48. The van der Waals surface area contributed by atoms with Crippen LogP contribution in [0.2, 0.25) is 0 Å². The van der Waals surface area contributed by atoms with Crippen molar-refractivity contribution in [2.75, 3.05) is 39.9 Å². The first kappa shape index (κ1) is 16.1. The van der Waals surface area contributed by atoms with Crippen LogP contribution in [-0.4, -0.2) is 61.7 Å². The fourth-order valence-corrected chi connectivity index (χ4v) is 2.31. The molecule has 22 heavy (non-hydrogen) atoms. The molecule has 2 rings (SSSR count). The van der Waals surface area contributed by atoms with Crippen LogP contribution in [0.5, 0.6) is 5.75 Å². The average Bonchev–Trinajstić information content (AvgIpc) is 2.55. The third kappa shape index (κ3) is 3.47. The molecule has 0 atom stereocenters. The maximum atomic E-state index is 13.8. The minimum atomic E-state index is -0.555. The molecule has 0 saturated carbocycles. The summed E-state index contributed by atoms with van der Waals surface area (Å²) in [5.41, 5.74) is 0.271. The first-order chi connectivity index (χ1) is 10.6. The van der Waals surface area contributed by atoms with Gasteiger partial charge in [0.25, 0.3) is 5.91 Å². The van der Waals surface area contributed by atoms with Crippen LogP contribution in [0, 0.1) is 5.82 Å². The molecule has 0 N–H and O–H groups in total. The lowest BCUT2D eigenvalue weighted by Gasteiger charge is -2.33. The first-order valence-corrected chi connectivity index (χ1v) is 7.11. The molecule has 0 spiro atoms. The van der Waals surface area contributed by atoms with E-state index in [9.17, 15) is 14.0 Å². The Hall–Kier alpha value is -2.31. The molecule has 0 aromatic heterocycles. The summed E-state index contributed by atoms with van der Waals surface area (Å²) in [6, 6.07) is 4.18. The van der Waals surface area contributed by atoms with Crippen LogP contribution in [0.1, 0.15) is 17.3 Å². The fourth-order valence-electron chi connectivity index (χ4n) is 2.31. The van der Waals surface area contributed by atoms with E-state index < -0.39 is 11.9 Å². The maximum Gasteiger partial charge on any atom is 0.409 e. The van der Waals surface area contributed by atoms with E-state index in [-0.39, 0.29) is 17.2 Å². The quantitative estimate of drug-likeness (QED) is 0.853. The standard InChI is InChI=1S/C15H19FN2O4/c1-3-22-13-5-4-11(10-12(13)16)14(19)17-6-8-18(9-7-17)15(20)21-2/h4-5,10H,3,6-9H2,1-2H3. The van der Waals surface area contributed by atoms with Crippen molar-refractivity contribution in [2.24, 2.45) is 0 Å². The lowest BCUT2D eigenvalue weighted by atomic mass is 10.1. The van der Waals surface area contributed by atoms with E-state index in [1.807, 2.05) is 0 Å². The monoisotopic (exact) mass is 310 g/mol. The summed E-state index contributed by atoms with van der Waals surface area (Å²) in [6.45, 7) is 3.71. The molecule has 0 unspecified atom stereocenters. The Morgan fingerprint density at radius 1 is 1.18 bits per heavy atom. The predicted molar refractivity (Wildman–Crippen MR) is 77.5 cm³/mol. The van der Waals surface area contributed by atoms with Crippen molar-refractivity contribution in [1.29, 1.82) is 0 Å². The number of benzene rings is 1. The number of carbonyl (C=O) groups excluding carboxylic acids is 2. The van der Waals surface area contributed by atoms with E-state index >= 15 is 0 Å². The Labute approximate surface area is 128 Å². The number of methoxy groups -OCH3 is 1. The maximum absolute atomic E-state index is 13.8. The number of piperazine rings is 1. The number of halogens is 1. The van der Waals surface area contributed by atoms with Gasteiger partial charge in [-0.15, -0.1) is 0 Å². The summed E-state index contributed by atoms with van der Waals surface area (Å²) < 4.78 is 23.6. The number of hydrogen-bond donors (Lipinski definition) is 0. The van der Waals surface area contributed by atoms with Gasteiger partial charge in [0.2, 0.25) is 0 Å². The molecule has 1 aliphatic heterocycles. The molecule has 120 valence electrons. The molecule has 2 amide bonds. The summed E-state index contributed by atoms with van der Waals surface area (Å²) in [5, 5.41) is 0. The largest absolute Gasteiger partial charge is 0.491 e. The molecular weight excluding hydrogens is 291 g/mol. The zero-order valence-electron chi connectivity index (χ0n) is 12.7. The van der Waals surface area contributed by atoms with Crippen LogP contribution in [-0.2, 0) is 4.74 Å². The highest BCUT2D eigenvalue weighted by atomic mass is 19.1. The zero-order valence-corrected chi connectivity index (χ0v) is 12.7. The number of hydrogen-bond acceptors (Lipinski definition) is 4. The van der Waals surface area contributed by atoms with Gasteiger partial charge in [-0.2, -0.15) is 0 Å². The van der Waals surface area contributed by atoms with E-state index in [4.69, 9.17) is 4.74 Å². The average molecular weight is 310 g/mol. The molecule has 1 fully saturated rings. The third-order valence-electron chi connectivity index (χ3n) is 3.48. The first-order valence-electron chi connectivity index (χ1n) is 7.11. The van der Waals surface area contributed by atoms with Gasteiger partial charge >= 0.3 is 6.09 Å². The molecule has 0 bridgehead atoms. The van der Waals surface area contributed by atoms with E-state index in [0.29, 0.717) is 32.8 Å². The van der Waals surface area contributed by atoms with Gasteiger partial charge in [0.15, 0.2) is 11.6 Å². The van der Waals surface area contributed by atoms with Gasteiger partial charge in [-0.25, -0.2) is 9.18 Å². The Kier molecular flexibility index (Phi) is 5.19. The SMILES string of the molecule is CCOc1ccc(C(=O)N2CCN(C(=O)OC)CC2)cc1F. The summed E-state index contributed by atoms with van der Waals surface area (Å²) in [5.74, 6) is -0.679. The number of nitrogens with zero attached hydrogens (tertiary/aromatic N) is 2. The van der Waals surface area contributed by atoms with Gasteiger partial charge in [0.05, 0.1) is 13.7 Å². The normalized spacial score (nSPS) is 14.7. The summed E-state index contributed by atoms with van der Waals surface area (Å²) in [4.78, 5) is 26.9. The van der Waals surface area contributed by atoms with Crippen LogP contribution in [0.15, 0.2) is 18.2 Å². The fraction of sp³-hybridized carbons (Fsp3) is 0.467. The molecule has 0 aliphatic carbocycles. The van der Waals surface area contributed by atoms with Gasteiger partial charge < -0.3 is 19.3 Å². The van der Waals surface area contributed by atoms with Crippen molar-refractivity contribution in [3.05, 3.63) is 29.6 Å². The summed E-state index contributed by atoms with van der Waals surface area (Å²) in [6.07, 6.45) is -0.404. The zero-order chi connectivity index (χ0) is 16.1. The van der Waals surface area contributed by atoms with E-state index in [1.54, 1.807) is 17.9 Å². The topological polar surface area (TPSA) is 59.1 Å². The van der Waals surface area contributed by atoms with Gasteiger partial charge in [0.1, 0.15) is 0 Å². The smallest absolute Gasteiger partial charge is 0.409 e. The van der Waals surface area contributed by atoms with E-state index in [2.05, 4.69) is 4.74 Å². The van der Waals surface area contributed by atoms with Gasteiger partial charge in [0, 0.05) is 31.7 Å². The van der Waals surface area contributed by atoms with Crippen molar-refractivity contribution in [3.63, 3.8) is 0 Å². The molecule has 1 saturated heterocycles. The van der Waals surface area contributed by atoms with Gasteiger partial charge in [-0.3, -0.25) is 4.79 Å². The Morgan fingerprint density at radius 3 is 2.36 bits per heavy atom. The second kappa shape index (κ2) is 7.11. The summed E-state index contributed by atoms with van der Waals surface area (Å²) in [7, 11) is 1.32. The Bertz CT molecular complexity index is 556. The lowest BCUT2D eigenvalue weighted by molar-refractivity contribution is 0.0599. The van der Waals surface area contributed by atoms with Crippen LogP contribution >= 0.6 is 0 Å². The highest BCUT2D eigenvalue weighted by molar-refractivity contribution is 5.94. The predicted octanol–water partition coefficient (Wildman–Crippen LogP) is 1.75. The van der Waals surface area contributed by atoms with Crippen molar-refractivity contribution in [1.82, 2.24) is 9.80 Å². The Morgan fingerprint density at radius 2 is 1.82 bits per heavy atom. The molecule has 1 aromatic carbocycles. The molecule has 7 heteroatoms. The highest BCUT2D eigenvalue weighted by Crippen LogP contribution is 2.19. The number of ether oxygens (including phenoxy) is 2. The van der Waals surface area contributed by atoms with Crippen molar-refractivity contribution >= 4 is 12.0 Å². The van der Waals surface area contributed by atoms with Crippen molar-refractivity contribution in [3.8, 4) is 5.75 Å². The molecule has 6 nitrogen and oxygen atoms in total. The number of carbonyl (C=O) groups is 2. The van der Waals surface area contributed by atoms with Gasteiger partial charge in [-0.05, 0) is 25.1 Å². The van der Waals surface area contributed by atoms with E-state index in [1.165, 1.54) is 24.1 Å². The second-order valence-electron chi connectivity index (χ2n) is 4.83. The van der Waals surface area contributed by atoms with Crippen LogP contribution in [0.3, 0.4) is 0 Å². The lowest BCUT2D eigenvalue weighted by Crippen LogP contribution is -2.50. The van der Waals surface area contributed by atoms with Crippen molar-refractivity contribution < 1.29 is 23.5 Å². The second-order valence-corrected chi connectivity index (χ2v) is 4.83. The number of amides is 2. The summed E-state index contributed by atoms with van der Waals surface area (Å²) >= 11 is 0. The minimum absolute atomic E-state index is 0.134. The van der Waals surface area contributed by atoms with Crippen LogP contribution in [0.25, 0.3) is 0 Å². The molecule has 1 aromatic rings. The minimum Gasteiger partial charge on any atom is -0.491 e. The van der Waals surface area contributed by atoms with Crippen molar-refractivity contribution in [2.45, 2.75) is 6.92 Å². The molecular formula is C15H19FN2O4. The van der Waals surface area contributed by atoms with Gasteiger partial charge in [-0.1, -0.05) is 0 Å². The highest BCUT2D eigenvalue weighted by Gasteiger charge is 2.25. The van der Waals surface area contributed by atoms with E-state index in [0.717, 1.165) is 0 Å². The number of rotatable bonds is 3. The molecule has 0 radical (unpaired) electrons. The molecule has 1 aliphatic rings. The van der Waals surface area contributed by atoms with Crippen LogP contribution < -0.4 is 4.74 Å². The molecule has 1 heterocycles.